The Morgan fingerprint density at radius 1 is 1.62 bits per heavy atom. The van der Waals surface area contributed by atoms with Gasteiger partial charge in [-0.25, -0.2) is 14.8 Å². The zero-order chi connectivity index (χ0) is 11.5. The average Bonchev–Trinajstić information content (AvgIpc) is 3.01. The Kier molecular flexibility index (Phi) is 3.28. The van der Waals surface area contributed by atoms with Crippen LogP contribution < -0.4 is 5.32 Å². The Labute approximate surface area is 97.7 Å². The van der Waals surface area contributed by atoms with Gasteiger partial charge in [-0.05, 0) is 19.1 Å². The largest absolute Gasteiger partial charge is 0.477 e. The molecular formula is C10H13N3O2S. The zero-order valence-corrected chi connectivity index (χ0v) is 9.75. The van der Waals surface area contributed by atoms with Crippen LogP contribution in [0.25, 0.3) is 0 Å². The summed E-state index contributed by atoms with van der Waals surface area (Å²) in [7, 11) is 0. The second-order valence-corrected chi connectivity index (χ2v) is 4.58. The van der Waals surface area contributed by atoms with E-state index in [0.717, 1.165) is 12.8 Å². The van der Waals surface area contributed by atoms with Gasteiger partial charge in [0, 0.05) is 12.1 Å². The molecule has 0 amide bonds. The number of rotatable bonds is 5. The summed E-state index contributed by atoms with van der Waals surface area (Å²) in [5.41, 5.74) is 0.0576. The van der Waals surface area contributed by atoms with E-state index in [1.54, 1.807) is 11.8 Å². The maximum atomic E-state index is 10.9. The fourth-order valence-corrected chi connectivity index (χ4v) is 1.70. The second kappa shape index (κ2) is 4.69. The van der Waals surface area contributed by atoms with Crippen LogP contribution in [0.4, 0.5) is 5.82 Å². The molecule has 1 aliphatic rings. The van der Waals surface area contributed by atoms with Gasteiger partial charge >= 0.3 is 5.97 Å². The molecule has 0 spiro atoms. The summed E-state index contributed by atoms with van der Waals surface area (Å²) in [6.07, 6.45) is 4.19. The number of aromatic nitrogens is 2. The Morgan fingerprint density at radius 2 is 2.38 bits per heavy atom. The van der Waals surface area contributed by atoms with Gasteiger partial charge in [0.1, 0.15) is 11.6 Å². The van der Waals surface area contributed by atoms with E-state index < -0.39 is 5.97 Å². The summed E-state index contributed by atoms with van der Waals surface area (Å²) in [6.45, 7) is 0. The third-order valence-electron chi connectivity index (χ3n) is 2.19. The van der Waals surface area contributed by atoms with Crippen LogP contribution in [0.5, 0.6) is 0 Å². The fourth-order valence-electron chi connectivity index (χ4n) is 1.31. The number of carboxylic acid groups (broad SMARTS) is 1. The van der Waals surface area contributed by atoms with E-state index in [4.69, 9.17) is 5.11 Å². The first kappa shape index (κ1) is 11.2. The Bertz CT molecular complexity index is 407. The lowest BCUT2D eigenvalue weighted by Gasteiger charge is -2.06. The van der Waals surface area contributed by atoms with Gasteiger partial charge in [0.05, 0.1) is 5.75 Å². The molecule has 0 unspecified atom stereocenters. The molecular weight excluding hydrogens is 226 g/mol. The number of carboxylic acids is 1. The summed E-state index contributed by atoms with van der Waals surface area (Å²) >= 11 is 1.57. The van der Waals surface area contributed by atoms with Crippen LogP contribution in [0, 0.1) is 0 Å². The van der Waals surface area contributed by atoms with E-state index >= 15 is 0 Å². The molecule has 0 aromatic carbocycles. The molecule has 1 aliphatic carbocycles. The summed E-state index contributed by atoms with van der Waals surface area (Å²) in [5.74, 6) is 0.804. The van der Waals surface area contributed by atoms with E-state index in [-0.39, 0.29) is 5.69 Å². The van der Waals surface area contributed by atoms with E-state index in [1.165, 1.54) is 6.07 Å². The van der Waals surface area contributed by atoms with Crippen molar-refractivity contribution in [1.29, 1.82) is 0 Å². The van der Waals surface area contributed by atoms with Crippen molar-refractivity contribution in [2.24, 2.45) is 0 Å². The van der Waals surface area contributed by atoms with Crippen molar-refractivity contribution in [3.63, 3.8) is 0 Å². The fraction of sp³-hybridized carbons (Fsp3) is 0.500. The van der Waals surface area contributed by atoms with Gasteiger partial charge in [0.25, 0.3) is 0 Å². The van der Waals surface area contributed by atoms with Crippen LogP contribution in [0.1, 0.15) is 29.2 Å². The van der Waals surface area contributed by atoms with E-state index in [2.05, 4.69) is 15.3 Å². The summed E-state index contributed by atoms with van der Waals surface area (Å²) in [5, 5.41) is 12.1. The van der Waals surface area contributed by atoms with Gasteiger partial charge < -0.3 is 10.4 Å². The standard InChI is InChI=1S/C10H13N3O2S/c1-16-5-9-12-7(10(14)15)4-8(13-9)11-6-2-3-6/h4,6H,2-3,5H2,1H3,(H,14,15)(H,11,12,13). The molecule has 1 saturated carbocycles. The van der Waals surface area contributed by atoms with Gasteiger partial charge in [-0.3, -0.25) is 0 Å². The number of nitrogens with one attached hydrogen (secondary N) is 1. The smallest absolute Gasteiger partial charge is 0.354 e. The van der Waals surface area contributed by atoms with Crippen molar-refractivity contribution >= 4 is 23.5 Å². The molecule has 86 valence electrons. The monoisotopic (exact) mass is 239 g/mol. The Hall–Kier alpha value is -1.30. The lowest BCUT2D eigenvalue weighted by Crippen LogP contribution is -2.10. The highest BCUT2D eigenvalue weighted by atomic mass is 32.2. The normalized spacial score (nSPS) is 14.8. The number of nitrogens with zero attached hydrogens (tertiary/aromatic N) is 2. The third kappa shape index (κ3) is 2.85. The highest BCUT2D eigenvalue weighted by Gasteiger charge is 2.22. The first-order valence-corrected chi connectivity index (χ1v) is 6.45. The molecule has 0 atom stereocenters. The predicted octanol–water partition coefficient (Wildman–Crippen LogP) is 1.61. The lowest BCUT2D eigenvalue weighted by atomic mass is 10.3. The topological polar surface area (TPSA) is 75.1 Å². The Morgan fingerprint density at radius 3 is 2.94 bits per heavy atom. The number of aromatic carboxylic acids is 1. The summed E-state index contributed by atoms with van der Waals surface area (Å²) in [6, 6.07) is 1.95. The highest BCUT2D eigenvalue weighted by molar-refractivity contribution is 7.97. The number of anilines is 1. The van der Waals surface area contributed by atoms with Gasteiger partial charge in [0.2, 0.25) is 0 Å². The molecule has 1 fully saturated rings. The summed E-state index contributed by atoms with van der Waals surface area (Å²) in [4.78, 5) is 19.1. The van der Waals surface area contributed by atoms with Crippen LogP contribution in [-0.4, -0.2) is 33.3 Å². The molecule has 5 nitrogen and oxygen atoms in total. The highest BCUT2D eigenvalue weighted by Crippen LogP contribution is 2.24. The number of hydrogen-bond donors (Lipinski definition) is 2. The van der Waals surface area contributed by atoms with Crippen molar-refractivity contribution < 1.29 is 9.90 Å². The van der Waals surface area contributed by atoms with E-state index in [9.17, 15) is 4.79 Å². The number of hydrogen-bond acceptors (Lipinski definition) is 5. The molecule has 0 bridgehead atoms. The lowest BCUT2D eigenvalue weighted by molar-refractivity contribution is 0.0690. The van der Waals surface area contributed by atoms with Gasteiger partial charge in [0.15, 0.2) is 5.69 Å². The van der Waals surface area contributed by atoms with Gasteiger partial charge in [-0.1, -0.05) is 0 Å². The van der Waals surface area contributed by atoms with Crippen molar-refractivity contribution in [2.75, 3.05) is 11.6 Å². The van der Waals surface area contributed by atoms with Gasteiger partial charge in [-0.15, -0.1) is 0 Å². The second-order valence-electron chi connectivity index (χ2n) is 3.71. The number of carbonyl (C=O) groups is 1. The van der Waals surface area contributed by atoms with Crippen LogP contribution >= 0.6 is 11.8 Å². The molecule has 1 aromatic rings. The molecule has 1 heterocycles. The molecule has 2 rings (SSSR count). The van der Waals surface area contributed by atoms with Crippen molar-refractivity contribution in [3.8, 4) is 0 Å². The Balaban J connectivity index is 2.23. The van der Waals surface area contributed by atoms with Crippen LogP contribution in [0.3, 0.4) is 0 Å². The minimum absolute atomic E-state index is 0.0576. The molecule has 16 heavy (non-hydrogen) atoms. The molecule has 0 aliphatic heterocycles. The quantitative estimate of drug-likeness (QED) is 0.813. The molecule has 2 N–H and O–H groups in total. The molecule has 0 saturated heterocycles. The van der Waals surface area contributed by atoms with Crippen LogP contribution in [0.2, 0.25) is 0 Å². The van der Waals surface area contributed by atoms with Crippen molar-refractivity contribution in [3.05, 3.63) is 17.6 Å². The van der Waals surface area contributed by atoms with Gasteiger partial charge in [-0.2, -0.15) is 11.8 Å². The average molecular weight is 239 g/mol. The summed E-state index contributed by atoms with van der Waals surface area (Å²) < 4.78 is 0. The first-order chi connectivity index (χ1) is 7.69. The minimum Gasteiger partial charge on any atom is -0.477 e. The maximum absolute atomic E-state index is 10.9. The molecule has 1 aromatic heterocycles. The third-order valence-corrected chi connectivity index (χ3v) is 2.74. The SMILES string of the molecule is CSCc1nc(NC2CC2)cc(C(=O)O)n1. The van der Waals surface area contributed by atoms with Crippen molar-refractivity contribution in [2.45, 2.75) is 24.6 Å². The molecule has 6 heteroatoms. The zero-order valence-electron chi connectivity index (χ0n) is 8.93. The van der Waals surface area contributed by atoms with E-state index in [0.29, 0.717) is 23.4 Å². The van der Waals surface area contributed by atoms with Crippen LogP contribution in [-0.2, 0) is 5.75 Å². The van der Waals surface area contributed by atoms with Crippen molar-refractivity contribution in [1.82, 2.24) is 9.97 Å². The minimum atomic E-state index is -1.01. The predicted molar refractivity (Wildman–Crippen MR) is 62.9 cm³/mol. The maximum Gasteiger partial charge on any atom is 0.354 e. The van der Waals surface area contributed by atoms with Crippen LogP contribution in [0.15, 0.2) is 6.07 Å². The van der Waals surface area contributed by atoms with E-state index in [1.807, 2.05) is 6.26 Å². The first-order valence-electron chi connectivity index (χ1n) is 5.06. The molecule has 0 radical (unpaired) electrons. The number of thioether (sulfide) groups is 1.